The fourth-order valence-electron chi connectivity index (χ4n) is 1.89. The predicted octanol–water partition coefficient (Wildman–Crippen LogP) is 3.36. The molecule has 5 heteroatoms. The van der Waals surface area contributed by atoms with E-state index in [0.29, 0.717) is 0 Å². The molecule has 0 aliphatic rings. The standard InChI is InChI=1S/C13H16BrN3O/c1-9(13-15-6-7-17(13)2)16-11-8-10(14)4-5-12(11)18-3/h4-9,16H,1-3H3. The first-order valence-corrected chi connectivity index (χ1v) is 6.48. The molecule has 1 aromatic carbocycles. The maximum absolute atomic E-state index is 5.34. The number of aromatic nitrogens is 2. The number of anilines is 1. The summed E-state index contributed by atoms with van der Waals surface area (Å²) in [5, 5.41) is 3.41. The lowest BCUT2D eigenvalue weighted by molar-refractivity contribution is 0.416. The maximum atomic E-state index is 5.34. The van der Waals surface area contributed by atoms with Crippen molar-refractivity contribution < 1.29 is 4.74 Å². The van der Waals surface area contributed by atoms with Gasteiger partial charge in [-0.05, 0) is 25.1 Å². The Kier molecular flexibility index (Phi) is 3.91. The van der Waals surface area contributed by atoms with Crippen molar-refractivity contribution in [3.8, 4) is 5.75 Å². The summed E-state index contributed by atoms with van der Waals surface area (Å²) in [6, 6.07) is 5.99. The van der Waals surface area contributed by atoms with Crippen LogP contribution >= 0.6 is 15.9 Å². The van der Waals surface area contributed by atoms with Crippen LogP contribution < -0.4 is 10.1 Å². The summed E-state index contributed by atoms with van der Waals surface area (Å²) < 4.78 is 8.35. The van der Waals surface area contributed by atoms with Crippen LogP contribution in [-0.4, -0.2) is 16.7 Å². The smallest absolute Gasteiger partial charge is 0.142 e. The van der Waals surface area contributed by atoms with Gasteiger partial charge in [-0.25, -0.2) is 4.98 Å². The molecule has 0 radical (unpaired) electrons. The third-order valence-corrected chi connectivity index (χ3v) is 3.27. The van der Waals surface area contributed by atoms with Gasteiger partial charge in [0.05, 0.1) is 18.8 Å². The van der Waals surface area contributed by atoms with Gasteiger partial charge in [0.15, 0.2) is 0 Å². The van der Waals surface area contributed by atoms with E-state index in [1.807, 2.05) is 36.0 Å². The fourth-order valence-corrected chi connectivity index (χ4v) is 2.25. The van der Waals surface area contributed by atoms with Crippen molar-refractivity contribution in [2.75, 3.05) is 12.4 Å². The van der Waals surface area contributed by atoms with Crippen molar-refractivity contribution in [1.29, 1.82) is 0 Å². The van der Waals surface area contributed by atoms with E-state index in [4.69, 9.17) is 4.74 Å². The summed E-state index contributed by atoms with van der Waals surface area (Å²) >= 11 is 3.46. The molecule has 0 bridgehead atoms. The third-order valence-electron chi connectivity index (χ3n) is 2.78. The molecule has 0 amide bonds. The molecule has 1 heterocycles. The quantitative estimate of drug-likeness (QED) is 0.941. The van der Waals surface area contributed by atoms with Gasteiger partial charge in [0.25, 0.3) is 0 Å². The van der Waals surface area contributed by atoms with Gasteiger partial charge in [0, 0.05) is 23.9 Å². The number of rotatable bonds is 4. The zero-order valence-corrected chi connectivity index (χ0v) is 12.2. The van der Waals surface area contributed by atoms with Crippen LogP contribution in [0.3, 0.4) is 0 Å². The van der Waals surface area contributed by atoms with Crippen LogP contribution in [0.25, 0.3) is 0 Å². The van der Waals surface area contributed by atoms with Crippen LogP contribution in [0.5, 0.6) is 5.75 Å². The van der Waals surface area contributed by atoms with E-state index in [2.05, 4.69) is 33.2 Å². The lowest BCUT2D eigenvalue weighted by Crippen LogP contribution is -2.12. The Bertz CT molecular complexity index is 539. The van der Waals surface area contributed by atoms with E-state index in [1.54, 1.807) is 13.3 Å². The molecule has 4 nitrogen and oxygen atoms in total. The summed E-state index contributed by atoms with van der Waals surface area (Å²) in [4.78, 5) is 4.34. The minimum Gasteiger partial charge on any atom is -0.495 e. The SMILES string of the molecule is COc1ccc(Br)cc1NC(C)c1nccn1C. The molecule has 0 saturated heterocycles. The minimum atomic E-state index is 0.105. The summed E-state index contributed by atoms with van der Waals surface area (Å²) in [6.45, 7) is 2.07. The molecule has 2 rings (SSSR count). The molecule has 0 saturated carbocycles. The summed E-state index contributed by atoms with van der Waals surface area (Å²) in [7, 11) is 3.65. The van der Waals surface area contributed by atoms with E-state index >= 15 is 0 Å². The van der Waals surface area contributed by atoms with E-state index in [1.165, 1.54) is 0 Å². The highest BCUT2D eigenvalue weighted by atomic mass is 79.9. The number of methoxy groups -OCH3 is 1. The van der Waals surface area contributed by atoms with E-state index < -0.39 is 0 Å². The largest absolute Gasteiger partial charge is 0.495 e. The highest BCUT2D eigenvalue weighted by Crippen LogP contribution is 2.30. The lowest BCUT2D eigenvalue weighted by Gasteiger charge is -2.17. The molecule has 0 fully saturated rings. The Hall–Kier alpha value is -1.49. The zero-order valence-electron chi connectivity index (χ0n) is 10.6. The number of hydrogen-bond donors (Lipinski definition) is 1. The Morgan fingerprint density at radius 1 is 1.44 bits per heavy atom. The second kappa shape index (κ2) is 5.44. The average molecular weight is 310 g/mol. The highest BCUT2D eigenvalue weighted by molar-refractivity contribution is 9.10. The molecule has 0 spiro atoms. The van der Waals surface area contributed by atoms with Crippen molar-refractivity contribution in [3.63, 3.8) is 0 Å². The lowest BCUT2D eigenvalue weighted by atomic mass is 10.2. The average Bonchev–Trinajstić information content (AvgIpc) is 2.76. The molecule has 0 aliphatic heterocycles. The van der Waals surface area contributed by atoms with Gasteiger partial charge in [0.2, 0.25) is 0 Å². The molecule has 1 aromatic heterocycles. The summed E-state index contributed by atoms with van der Waals surface area (Å²) in [5.41, 5.74) is 0.947. The van der Waals surface area contributed by atoms with Gasteiger partial charge >= 0.3 is 0 Å². The van der Waals surface area contributed by atoms with Gasteiger partial charge in [0.1, 0.15) is 11.6 Å². The van der Waals surface area contributed by atoms with Crippen LogP contribution in [0.4, 0.5) is 5.69 Å². The normalized spacial score (nSPS) is 12.2. The Morgan fingerprint density at radius 2 is 2.22 bits per heavy atom. The second-order valence-corrected chi connectivity index (χ2v) is 5.02. The van der Waals surface area contributed by atoms with Gasteiger partial charge < -0.3 is 14.6 Å². The van der Waals surface area contributed by atoms with Crippen molar-refractivity contribution in [3.05, 3.63) is 40.9 Å². The van der Waals surface area contributed by atoms with Crippen LogP contribution in [0.2, 0.25) is 0 Å². The molecule has 1 N–H and O–H groups in total. The fraction of sp³-hybridized carbons (Fsp3) is 0.308. The minimum absolute atomic E-state index is 0.105. The van der Waals surface area contributed by atoms with Gasteiger partial charge in [-0.15, -0.1) is 0 Å². The van der Waals surface area contributed by atoms with Crippen LogP contribution in [-0.2, 0) is 7.05 Å². The maximum Gasteiger partial charge on any atom is 0.142 e. The monoisotopic (exact) mass is 309 g/mol. The molecule has 1 atom stereocenters. The number of nitrogens with zero attached hydrogens (tertiary/aromatic N) is 2. The molecular formula is C13H16BrN3O. The summed E-state index contributed by atoms with van der Waals surface area (Å²) in [6.07, 6.45) is 3.73. The van der Waals surface area contributed by atoms with Crippen molar-refractivity contribution in [1.82, 2.24) is 9.55 Å². The molecule has 2 aromatic rings. The molecular weight excluding hydrogens is 294 g/mol. The van der Waals surface area contributed by atoms with Gasteiger partial charge in [-0.1, -0.05) is 15.9 Å². The number of benzene rings is 1. The highest BCUT2D eigenvalue weighted by Gasteiger charge is 2.12. The number of hydrogen-bond acceptors (Lipinski definition) is 3. The number of halogens is 1. The van der Waals surface area contributed by atoms with E-state index in [-0.39, 0.29) is 6.04 Å². The first-order valence-electron chi connectivity index (χ1n) is 5.69. The van der Waals surface area contributed by atoms with Crippen LogP contribution in [0, 0.1) is 0 Å². The Labute approximate surface area is 115 Å². The number of aryl methyl sites for hydroxylation is 1. The van der Waals surface area contributed by atoms with Crippen molar-refractivity contribution >= 4 is 21.6 Å². The number of imidazole rings is 1. The third kappa shape index (κ3) is 2.67. The first-order chi connectivity index (χ1) is 8.61. The summed E-state index contributed by atoms with van der Waals surface area (Å²) in [5.74, 6) is 1.80. The van der Waals surface area contributed by atoms with Crippen molar-refractivity contribution in [2.45, 2.75) is 13.0 Å². The molecule has 1 unspecified atom stereocenters. The molecule has 18 heavy (non-hydrogen) atoms. The number of ether oxygens (including phenoxy) is 1. The molecule has 96 valence electrons. The number of nitrogens with one attached hydrogen (secondary N) is 1. The second-order valence-electron chi connectivity index (χ2n) is 4.11. The Balaban J connectivity index is 2.23. The predicted molar refractivity (Wildman–Crippen MR) is 75.9 cm³/mol. The topological polar surface area (TPSA) is 39.1 Å². The zero-order chi connectivity index (χ0) is 13.1. The Morgan fingerprint density at radius 3 is 2.83 bits per heavy atom. The van der Waals surface area contributed by atoms with Crippen LogP contribution in [0.1, 0.15) is 18.8 Å². The van der Waals surface area contributed by atoms with Crippen LogP contribution in [0.15, 0.2) is 35.1 Å². The van der Waals surface area contributed by atoms with E-state index in [0.717, 1.165) is 21.7 Å². The van der Waals surface area contributed by atoms with Crippen molar-refractivity contribution in [2.24, 2.45) is 7.05 Å². The van der Waals surface area contributed by atoms with Gasteiger partial charge in [-0.2, -0.15) is 0 Å². The first kappa shape index (κ1) is 13.0. The van der Waals surface area contributed by atoms with E-state index in [9.17, 15) is 0 Å². The van der Waals surface area contributed by atoms with Gasteiger partial charge in [-0.3, -0.25) is 0 Å². The molecule has 0 aliphatic carbocycles.